The highest BCUT2D eigenvalue weighted by Gasteiger charge is 2.65. The Morgan fingerprint density at radius 2 is 1.61 bits per heavy atom. The summed E-state index contributed by atoms with van der Waals surface area (Å²) in [6.07, 6.45) is -11.7. The van der Waals surface area contributed by atoms with Crippen molar-refractivity contribution in [3.8, 4) is 0 Å². The standard InChI is InChI=1S/C11H18F7O4P/c1-3-5-6-21-23(19,20)22-8(4-2)11(17,18)9(12,13)7-10(14,15)16/h8H,3-7H2,1-2H3,(H,19,20). The minimum absolute atomic E-state index is 0.269. The highest BCUT2D eigenvalue weighted by Crippen LogP contribution is 2.52. The Hall–Kier alpha value is -0.380. The van der Waals surface area contributed by atoms with Crippen molar-refractivity contribution in [2.75, 3.05) is 6.61 Å². The zero-order chi connectivity index (χ0) is 18.5. The molecule has 2 atom stereocenters. The maximum Gasteiger partial charge on any atom is 0.472 e. The quantitative estimate of drug-likeness (QED) is 0.333. The largest absolute Gasteiger partial charge is 0.472 e. The van der Waals surface area contributed by atoms with Gasteiger partial charge in [0, 0.05) is 0 Å². The monoisotopic (exact) mass is 378 g/mol. The van der Waals surface area contributed by atoms with Crippen LogP contribution >= 0.6 is 7.82 Å². The summed E-state index contributed by atoms with van der Waals surface area (Å²) < 4.78 is 110. The molecule has 1 N–H and O–H groups in total. The van der Waals surface area contributed by atoms with Gasteiger partial charge in [0.2, 0.25) is 0 Å². The van der Waals surface area contributed by atoms with Gasteiger partial charge in [-0.1, -0.05) is 20.3 Å². The predicted octanol–water partition coefficient (Wildman–Crippen LogP) is 4.92. The van der Waals surface area contributed by atoms with E-state index in [0.717, 1.165) is 6.92 Å². The van der Waals surface area contributed by atoms with E-state index < -0.39 is 44.8 Å². The average Bonchev–Trinajstić information content (AvgIpc) is 2.32. The Morgan fingerprint density at radius 3 is 2.00 bits per heavy atom. The molecule has 0 saturated heterocycles. The Labute approximate surface area is 128 Å². The molecule has 0 radical (unpaired) electrons. The molecule has 0 amide bonds. The molecule has 0 spiro atoms. The molecule has 2 unspecified atom stereocenters. The molecular formula is C11H18F7O4P. The molecule has 0 heterocycles. The number of hydrogen-bond donors (Lipinski definition) is 1. The van der Waals surface area contributed by atoms with Gasteiger partial charge < -0.3 is 4.89 Å². The van der Waals surface area contributed by atoms with E-state index in [9.17, 15) is 40.2 Å². The normalized spacial score (nSPS) is 17.8. The number of rotatable bonds is 10. The highest BCUT2D eigenvalue weighted by molar-refractivity contribution is 7.47. The van der Waals surface area contributed by atoms with E-state index in [1.807, 2.05) is 0 Å². The summed E-state index contributed by atoms with van der Waals surface area (Å²) in [6, 6.07) is 0. The number of hydrogen-bond acceptors (Lipinski definition) is 3. The molecule has 140 valence electrons. The number of phosphoric ester groups is 1. The van der Waals surface area contributed by atoms with E-state index >= 15 is 0 Å². The van der Waals surface area contributed by atoms with Crippen LogP contribution in [-0.2, 0) is 13.6 Å². The zero-order valence-corrected chi connectivity index (χ0v) is 13.3. The van der Waals surface area contributed by atoms with E-state index in [0.29, 0.717) is 6.42 Å². The van der Waals surface area contributed by atoms with Crippen molar-refractivity contribution in [2.24, 2.45) is 0 Å². The van der Waals surface area contributed by atoms with Crippen LogP contribution in [0.15, 0.2) is 0 Å². The van der Waals surface area contributed by atoms with Crippen LogP contribution in [0, 0.1) is 0 Å². The SMILES string of the molecule is CCCCOP(=O)(O)OC(CC)C(F)(F)C(F)(F)CC(F)(F)F. The average molecular weight is 378 g/mol. The molecule has 0 saturated carbocycles. The summed E-state index contributed by atoms with van der Waals surface area (Å²) in [4.78, 5) is 9.21. The number of phosphoric acid groups is 1. The fourth-order valence-electron chi connectivity index (χ4n) is 1.52. The molecule has 23 heavy (non-hydrogen) atoms. The van der Waals surface area contributed by atoms with Crippen LogP contribution in [0.25, 0.3) is 0 Å². The predicted molar refractivity (Wildman–Crippen MR) is 66.4 cm³/mol. The molecule has 0 aliphatic heterocycles. The van der Waals surface area contributed by atoms with Crippen molar-refractivity contribution in [3.05, 3.63) is 0 Å². The smallest absolute Gasteiger partial charge is 0.302 e. The van der Waals surface area contributed by atoms with Gasteiger partial charge in [0.1, 0.15) is 12.5 Å². The first kappa shape index (κ1) is 22.6. The van der Waals surface area contributed by atoms with Crippen LogP contribution in [0.5, 0.6) is 0 Å². The highest BCUT2D eigenvalue weighted by atomic mass is 31.2. The van der Waals surface area contributed by atoms with Gasteiger partial charge in [-0.25, -0.2) is 4.57 Å². The summed E-state index contributed by atoms with van der Waals surface area (Å²) in [6.45, 7) is 2.23. The van der Waals surface area contributed by atoms with Crippen molar-refractivity contribution in [2.45, 2.75) is 63.7 Å². The van der Waals surface area contributed by atoms with Crippen LogP contribution in [0.3, 0.4) is 0 Å². The molecular weight excluding hydrogens is 360 g/mol. The molecule has 4 nitrogen and oxygen atoms in total. The van der Waals surface area contributed by atoms with Gasteiger partial charge in [0.15, 0.2) is 0 Å². The number of alkyl halides is 7. The Morgan fingerprint density at radius 1 is 1.09 bits per heavy atom. The summed E-state index contributed by atoms with van der Waals surface area (Å²) >= 11 is 0. The lowest BCUT2D eigenvalue weighted by Gasteiger charge is -2.33. The lowest BCUT2D eigenvalue weighted by atomic mass is 10.0. The second-order valence-corrected chi connectivity index (χ2v) is 6.18. The third kappa shape index (κ3) is 7.36. The zero-order valence-electron chi connectivity index (χ0n) is 12.4. The van der Waals surface area contributed by atoms with Crippen LogP contribution in [0.1, 0.15) is 39.5 Å². The van der Waals surface area contributed by atoms with Crippen LogP contribution in [0.2, 0.25) is 0 Å². The molecule has 0 aromatic carbocycles. The third-order valence-corrected chi connectivity index (χ3v) is 3.73. The number of unbranched alkanes of at least 4 members (excludes halogenated alkanes) is 1. The molecule has 0 aromatic rings. The second kappa shape index (κ2) is 8.13. The fraction of sp³-hybridized carbons (Fsp3) is 1.00. The van der Waals surface area contributed by atoms with Crippen molar-refractivity contribution >= 4 is 7.82 Å². The minimum atomic E-state index is -5.55. The molecule has 0 rings (SSSR count). The van der Waals surface area contributed by atoms with Crippen molar-refractivity contribution in [1.82, 2.24) is 0 Å². The molecule has 0 aliphatic carbocycles. The molecule has 0 bridgehead atoms. The second-order valence-electron chi connectivity index (χ2n) is 4.78. The molecule has 0 aliphatic rings. The van der Waals surface area contributed by atoms with Crippen molar-refractivity contribution in [3.63, 3.8) is 0 Å². The lowest BCUT2D eigenvalue weighted by molar-refractivity contribution is -0.288. The van der Waals surface area contributed by atoms with Gasteiger partial charge in [-0.2, -0.15) is 30.7 Å². The van der Waals surface area contributed by atoms with E-state index in [1.165, 1.54) is 0 Å². The van der Waals surface area contributed by atoms with Gasteiger partial charge in [-0.05, 0) is 12.8 Å². The lowest BCUT2D eigenvalue weighted by Crippen LogP contribution is -2.52. The van der Waals surface area contributed by atoms with Gasteiger partial charge in [-0.3, -0.25) is 9.05 Å². The maximum atomic E-state index is 13.7. The first-order chi connectivity index (χ1) is 10.2. The summed E-state index contributed by atoms with van der Waals surface area (Å²) in [5, 5.41) is 0. The van der Waals surface area contributed by atoms with Crippen molar-refractivity contribution < 1.29 is 49.2 Å². The molecule has 0 fully saturated rings. The Balaban J connectivity index is 5.15. The van der Waals surface area contributed by atoms with E-state index in [2.05, 4.69) is 9.05 Å². The van der Waals surface area contributed by atoms with Gasteiger partial charge in [0.05, 0.1) is 6.61 Å². The van der Waals surface area contributed by atoms with Crippen LogP contribution < -0.4 is 0 Å². The third-order valence-electron chi connectivity index (χ3n) is 2.70. The summed E-state index contributed by atoms with van der Waals surface area (Å²) in [5.74, 6) is -10.8. The molecule has 12 heteroatoms. The van der Waals surface area contributed by atoms with Gasteiger partial charge >= 0.3 is 25.8 Å². The summed E-state index contributed by atoms with van der Waals surface area (Å²) in [5.41, 5.74) is 0. The van der Waals surface area contributed by atoms with Crippen molar-refractivity contribution in [1.29, 1.82) is 0 Å². The van der Waals surface area contributed by atoms with Crippen LogP contribution in [0.4, 0.5) is 30.7 Å². The fourth-order valence-corrected chi connectivity index (χ4v) is 2.54. The summed E-state index contributed by atoms with van der Waals surface area (Å²) in [7, 11) is -5.11. The topological polar surface area (TPSA) is 55.8 Å². The molecule has 0 aromatic heterocycles. The minimum Gasteiger partial charge on any atom is -0.302 e. The Bertz CT molecular complexity index is 414. The van der Waals surface area contributed by atoms with E-state index in [-0.39, 0.29) is 13.0 Å². The first-order valence-corrected chi connectivity index (χ1v) is 8.16. The maximum absolute atomic E-state index is 13.7. The first-order valence-electron chi connectivity index (χ1n) is 6.66. The van der Waals surface area contributed by atoms with Crippen LogP contribution in [-0.4, -0.2) is 35.6 Å². The van der Waals surface area contributed by atoms with Gasteiger partial charge in [0.25, 0.3) is 0 Å². The Kier molecular flexibility index (Phi) is 8.00. The number of halogens is 7. The van der Waals surface area contributed by atoms with E-state index in [4.69, 9.17) is 0 Å². The van der Waals surface area contributed by atoms with Gasteiger partial charge in [-0.15, -0.1) is 0 Å². The van der Waals surface area contributed by atoms with E-state index in [1.54, 1.807) is 6.92 Å².